The summed E-state index contributed by atoms with van der Waals surface area (Å²) in [5.74, 6) is -0.213. The van der Waals surface area contributed by atoms with Crippen LogP contribution in [0.25, 0.3) is 0 Å². The Morgan fingerprint density at radius 2 is 2.05 bits per heavy atom. The molecule has 0 aliphatic heterocycles. The zero-order valence-corrected chi connectivity index (χ0v) is 13.5. The van der Waals surface area contributed by atoms with Gasteiger partial charge in [-0.1, -0.05) is 12.1 Å². The van der Waals surface area contributed by atoms with E-state index in [1.807, 2.05) is 30.5 Å². The summed E-state index contributed by atoms with van der Waals surface area (Å²) in [5.41, 5.74) is 0.800. The van der Waals surface area contributed by atoms with Crippen LogP contribution in [0.5, 0.6) is 0 Å². The first-order chi connectivity index (χ1) is 9.58. The van der Waals surface area contributed by atoms with Crippen molar-refractivity contribution < 1.29 is 14.3 Å². The van der Waals surface area contributed by atoms with Crippen LogP contribution in [0.1, 0.15) is 13.8 Å². The van der Waals surface area contributed by atoms with Gasteiger partial charge in [0.05, 0.1) is 23.3 Å². The third kappa shape index (κ3) is 5.46. The predicted molar refractivity (Wildman–Crippen MR) is 85.4 cm³/mol. The number of rotatable bonds is 7. The molecule has 0 fully saturated rings. The summed E-state index contributed by atoms with van der Waals surface area (Å²) in [6.07, 6.45) is 1.96. The highest BCUT2D eigenvalue weighted by Crippen LogP contribution is 2.25. The molecule has 1 rings (SSSR count). The number of carbonyl (C=O) groups is 2. The number of nitrogens with one attached hydrogen (secondary N) is 1. The van der Waals surface area contributed by atoms with E-state index in [2.05, 4.69) is 5.32 Å². The number of amides is 1. The number of carbonyl (C=O) groups excluding carboxylic acids is 2. The average Bonchev–Trinajstić information content (AvgIpc) is 2.45. The lowest BCUT2D eigenvalue weighted by Crippen LogP contribution is -2.24. The van der Waals surface area contributed by atoms with Crippen LogP contribution in [-0.2, 0) is 14.3 Å². The van der Waals surface area contributed by atoms with Crippen LogP contribution in [0, 0.1) is 0 Å². The highest BCUT2D eigenvalue weighted by Gasteiger charge is 2.16. The van der Waals surface area contributed by atoms with Gasteiger partial charge in [-0.25, -0.2) is 0 Å². The fourth-order valence-corrected chi connectivity index (χ4v) is 2.69. The second kappa shape index (κ2) is 8.92. The van der Waals surface area contributed by atoms with Crippen molar-refractivity contribution in [3.05, 3.63) is 24.3 Å². The molecule has 6 heteroatoms. The third-order valence-electron chi connectivity index (χ3n) is 2.49. The van der Waals surface area contributed by atoms with Gasteiger partial charge in [0.1, 0.15) is 0 Å². The van der Waals surface area contributed by atoms with E-state index in [9.17, 15) is 9.59 Å². The molecule has 4 nitrogen and oxygen atoms in total. The number of hydrogen-bond acceptors (Lipinski definition) is 5. The first-order valence-electron chi connectivity index (χ1n) is 6.29. The zero-order chi connectivity index (χ0) is 15.0. The lowest BCUT2D eigenvalue weighted by molar-refractivity contribution is -0.139. The van der Waals surface area contributed by atoms with Gasteiger partial charge in [0.2, 0.25) is 5.91 Å². The maximum absolute atomic E-state index is 12.1. The van der Waals surface area contributed by atoms with Gasteiger partial charge < -0.3 is 10.1 Å². The molecule has 1 aromatic carbocycles. The van der Waals surface area contributed by atoms with Gasteiger partial charge in [-0.2, -0.15) is 0 Å². The monoisotopic (exact) mass is 313 g/mol. The van der Waals surface area contributed by atoms with Gasteiger partial charge >= 0.3 is 5.97 Å². The van der Waals surface area contributed by atoms with E-state index in [-0.39, 0.29) is 22.9 Å². The van der Waals surface area contributed by atoms with Crippen LogP contribution in [0.2, 0.25) is 0 Å². The second-order valence-electron chi connectivity index (χ2n) is 3.95. The molecule has 0 radical (unpaired) electrons. The molecule has 1 aromatic rings. The number of ether oxygens (including phenoxy) is 1. The van der Waals surface area contributed by atoms with Crippen molar-refractivity contribution in [2.45, 2.75) is 24.0 Å². The Bertz CT molecular complexity index is 465. The summed E-state index contributed by atoms with van der Waals surface area (Å²) in [6, 6.07) is 7.63. The average molecular weight is 313 g/mol. The van der Waals surface area contributed by atoms with E-state index in [4.69, 9.17) is 4.74 Å². The smallest absolute Gasteiger partial charge is 0.315 e. The van der Waals surface area contributed by atoms with Gasteiger partial charge in [-0.3, -0.25) is 9.59 Å². The fraction of sp³-hybridized carbons (Fsp3) is 0.429. The standard InChI is InChI=1S/C14H19NO3S2/c1-4-18-13(16)9-20-10(2)14(17)15-11-7-5-6-8-12(11)19-3/h5-8,10H,4,9H2,1-3H3,(H,15,17)/t10-/m0/s1. The highest BCUT2D eigenvalue weighted by molar-refractivity contribution is 8.01. The summed E-state index contributed by atoms with van der Waals surface area (Å²) in [4.78, 5) is 24.3. The van der Waals surface area contributed by atoms with Gasteiger partial charge in [0.25, 0.3) is 0 Å². The van der Waals surface area contributed by atoms with E-state index in [0.29, 0.717) is 6.61 Å². The van der Waals surface area contributed by atoms with Gasteiger partial charge in [-0.15, -0.1) is 23.5 Å². The number of esters is 1. The molecule has 20 heavy (non-hydrogen) atoms. The van der Waals surface area contributed by atoms with Crippen LogP contribution in [0.3, 0.4) is 0 Å². The Labute approximate surface area is 128 Å². The first kappa shape index (κ1) is 16.9. The molecule has 0 unspecified atom stereocenters. The van der Waals surface area contributed by atoms with E-state index in [1.54, 1.807) is 25.6 Å². The zero-order valence-electron chi connectivity index (χ0n) is 11.8. The molecule has 0 saturated heterocycles. The van der Waals surface area contributed by atoms with Gasteiger partial charge in [0.15, 0.2) is 0 Å². The number of benzene rings is 1. The quantitative estimate of drug-likeness (QED) is 0.619. The predicted octanol–water partition coefficient (Wildman–Crippen LogP) is 3.03. The Morgan fingerprint density at radius 1 is 1.35 bits per heavy atom. The molecule has 0 heterocycles. The van der Waals surface area contributed by atoms with Crippen LogP contribution in [-0.4, -0.2) is 35.7 Å². The Hall–Kier alpha value is -1.14. The van der Waals surface area contributed by atoms with Crippen LogP contribution in [0.15, 0.2) is 29.2 Å². The van der Waals surface area contributed by atoms with Crippen molar-refractivity contribution in [3.8, 4) is 0 Å². The lowest BCUT2D eigenvalue weighted by Gasteiger charge is -2.13. The number of hydrogen-bond donors (Lipinski definition) is 1. The first-order valence-corrected chi connectivity index (χ1v) is 8.57. The highest BCUT2D eigenvalue weighted by atomic mass is 32.2. The largest absolute Gasteiger partial charge is 0.465 e. The maximum atomic E-state index is 12.1. The summed E-state index contributed by atoms with van der Waals surface area (Å²) >= 11 is 2.85. The molecule has 0 aliphatic rings. The number of thioether (sulfide) groups is 2. The van der Waals surface area contributed by atoms with E-state index in [0.717, 1.165) is 10.6 Å². The van der Waals surface area contributed by atoms with Crippen LogP contribution in [0.4, 0.5) is 5.69 Å². The Morgan fingerprint density at radius 3 is 2.70 bits per heavy atom. The summed E-state index contributed by atoms with van der Waals surface area (Å²) in [5, 5.41) is 2.57. The van der Waals surface area contributed by atoms with Crippen molar-refractivity contribution in [2.24, 2.45) is 0 Å². The van der Waals surface area contributed by atoms with Gasteiger partial charge in [-0.05, 0) is 32.2 Å². The molecular formula is C14H19NO3S2. The molecule has 0 spiro atoms. The minimum Gasteiger partial charge on any atom is -0.465 e. The molecule has 1 atom stereocenters. The topological polar surface area (TPSA) is 55.4 Å². The third-order valence-corrected chi connectivity index (χ3v) is 4.40. The lowest BCUT2D eigenvalue weighted by atomic mass is 10.3. The van der Waals surface area contributed by atoms with Crippen molar-refractivity contribution in [1.82, 2.24) is 0 Å². The molecule has 0 bridgehead atoms. The molecule has 1 amide bonds. The summed E-state index contributed by atoms with van der Waals surface area (Å²) < 4.78 is 4.83. The van der Waals surface area contributed by atoms with E-state index >= 15 is 0 Å². The molecule has 1 N–H and O–H groups in total. The van der Waals surface area contributed by atoms with Crippen LogP contribution < -0.4 is 5.32 Å². The van der Waals surface area contributed by atoms with Crippen molar-refractivity contribution in [3.63, 3.8) is 0 Å². The van der Waals surface area contributed by atoms with Crippen molar-refractivity contribution in [1.29, 1.82) is 0 Å². The van der Waals surface area contributed by atoms with Crippen molar-refractivity contribution >= 4 is 41.1 Å². The molecule has 0 saturated carbocycles. The Balaban J connectivity index is 2.51. The molecule has 110 valence electrons. The number of anilines is 1. The SMILES string of the molecule is CCOC(=O)CS[C@@H](C)C(=O)Nc1ccccc1SC. The minimum absolute atomic E-state index is 0.110. The van der Waals surface area contributed by atoms with Crippen LogP contribution >= 0.6 is 23.5 Å². The second-order valence-corrected chi connectivity index (χ2v) is 6.12. The molecular weight excluding hydrogens is 294 g/mol. The molecule has 0 aromatic heterocycles. The summed E-state index contributed by atoms with van der Waals surface area (Å²) in [6.45, 7) is 3.90. The fourth-order valence-electron chi connectivity index (χ4n) is 1.45. The molecule has 0 aliphatic carbocycles. The normalized spacial score (nSPS) is 11.8. The maximum Gasteiger partial charge on any atom is 0.315 e. The minimum atomic E-state index is -0.311. The van der Waals surface area contributed by atoms with E-state index in [1.165, 1.54) is 11.8 Å². The number of para-hydroxylation sites is 1. The Kier molecular flexibility index (Phi) is 7.54. The van der Waals surface area contributed by atoms with Crippen molar-refractivity contribution in [2.75, 3.05) is 23.9 Å². The van der Waals surface area contributed by atoms with Gasteiger partial charge in [0, 0.05) is 4.90 Å². The summed E-state index contributed by atoms with van der Waals surface area (Å²) in [7, 11) is 0. The van der Waals surface area contributed by atoms with E-state index < -0.39 is 0 Å².